The van der Waals surface area contributed by atoms with Crippen LogP contribution in [0.15, 0.2) is 12.4 Å². The molecular formula is C21H32N4O3S. The van der Waals surface area contributed by atoms with Crippen LogP contribution in [-0.2, 0) is 11.2 Å². The standard InChI is InChI=1S/C21H32N4O3S/c1-21(2,3)28-20(26)22-11-10-16-12-17-18(23-13-24-19(17)29-16)27-15-8-6-14(7-9-15)25(4)5/h12-15H,6-11H2,1-5H3,(H,22,26)/t14-,15-. The Hall–Kier alpha value is -1.93. The molecule has 3 rings (SSSR count). The number of alkyl carbamates (subject to hydrolysis) is 1. The molecule has 0 saturated heterocycles. The summed E-state index contributed by atoms with van der Waals surface area (Å²) in [6, 6.07) is 2.72. The number of nitrogens with zero attached hydrogens (tertiary/aromatic N) is 3. The molecule has 8 heteroatoms. The second kappa shape index (κ2) is 9.26. The number of amides is 1. The summed E-state index contributed by atoms with van der Waals surface area (Å²) in [6.07, 6.45) is 6.50. The van der Waals surface area contributed by atoms with E-state index >= 15 is 0 Å². The molecule has 0 atom stereocenters. The van der Waals surface area contributed by atoms with E-state index in [0.29, 0.717) is 24.9 Å². The fraction of sp³-hybridized carbons (Fsp3) is 0.667. The Bertz CT molecular complexity index is 823. The van der Waals surface area contributed by atoms with E-state index < -0.39 is 11.7 Å². The van der Waals surface area contributed by atoms with Gasteiger partial charge in [-0.1, -0.05) is 0 Å². The SMILES string of the molecule is CN(C)[C@H]1CC[C@H](Oc2ncnc3sc(CCNC(=O)OC(C)(C)C)cc23)CC1. The largest absolute Gasteiger partial charge is 0.474 e. The van der Waals surface area contributed by atoms with Gasteiger partial charge in [0.25, 0.3) is 0 Å². The van der Waals surface area contributed by atoms with Crippen LogP contribution in [0.25, 0.3) is 10.2 Å². The van der Waals surface area contributed by atoms with Crippen molar-refractivity contribution in [3.8, 4) is 5.88 Å². The first-order chi connectivity index (χ1) is 13.7. The van der Waals surface area contributed by atoms with Crippen molar-refractivity contribution in [2.75, 3.05) is 20.6 Å². The van der Waals surface area contributed by atoms with Crippen LogP contribution in [0.1, 0.15) is 51.3 Å². The summed E-state index contributed by atoms with van der Waals surface area (Å²) in [6.45, 7) is 6.07. The summed E-state index contributed by atoms with van der Waals surface area (Å²) in [5, 5.41) is 3.76. The summed E-state index contributed by atoms with van der Waals surface area (Å²) in [7, 11) is 4.29. The smallest absolute Gasteiger partial charge is 0.407 e. The van der Waals surface area contributed by atoms with Crippen molar-refractivity contribution >= 4 is 27.6 Å². The van der Waals surface area contributed by atoms with Crippen molar-refractivity contribution in [3.63, 3.8) is 0 Å². The van der Waals surface area contributed by atoms with E-state index in [4.69, 9.17) is 9.47 Å². The summed E-state index contributed by atoms with van der Waals surface area (Å²) >= 11 is 1.61. The van der Waals surface area contributed by atoms with E-state index in [1.807, 2.05) is 20.8 Å². The molecule has 2 aromatic heterocycles. The molecule has 7 nitrogen and oxygen atoms in total. The number of hydrogen-bond donors (Lipinski definition) is 1. The van der Waals surface area contributed by atoms with Crippen molar-refractivity contribution < 1.29 is 14.3 Å². The number of fused-ring (bicyclic) bond motifs is 1. The molecule has 1 saturated carbocycles. The van der Waals surface area contributed by atoms with Gasteiger partial charge in [0.15, 0.2) is 0 Å². The Morgan fingerprint density at radius 3 is 2.62 bits per heavy atom. The monoisotopic (exact) mass is 420 g/mol. The number of hydrogen-bond acceptors (Lipinski definition) is 7. The molecule has 0 spiro atoms. The van der Waals surface area contributed by atoms with Gasteiger partial charge in [-0.05, 0) is 73.0 Å². The zero-order chi connectivity index (χ0) is 21.0. The zero-order valence-electron chi connectivity index (χ0n) is 18.0. The van der Waals surface area contributed by atoms with Crippen molar-refractivity contribution in [1.82, 2.24) is 20.2 Å². The third-order valence-electron chi connectivity index (χ3n) is 5.04. The van der Waals surface area contributed by atoms with Crippen molar-refractivity contribution in [3.05, 3.63) is 17.3 Å². The van der Waals surface area contributed by atoms with E-state index in [9.17, 15) is 4.79 Å². The second-order valence-corrected chi connectivity index (χ2v) is 9.92. The number of aromatic nitrogens is 2. The van der Waals surface area contributed by atoms with Gasteiger partial charge in [-0.3, -0.25) is 0 Å². The fourth-order valence-electron chi connectivity index (χ4n) is 3.54. The lowest BCUT2D eigenvalue weighted by Gasteiger charge is -2.32. The molecule has 29 heavy (non-hydrogen) atoms. The van der Waals surface area contributed by atoms with Crippen LogP contribution < -0.4 is 10.1 Å². The number of carbonyl (C=O) groups excluding carboxylic acids is 1. The van der Waals surface area contributed by atoms with Crippen LogP contribution in [0.3, 0.4) is 0 Å². The van der Waals surface area contributed by atoms with Crippen LogP contribution >= 0.6 is 11.3 Å². The van der Waals surface area contributed by atoms with Crippen molar-refractivity contribution in [1.29, 1.82) is 0 Å². The normalized spacial score (nSPS) is 20.1. The quantitative estimate of drug-likeness (QED) is 0.761. The number of nitrogens with one attached hydrogen (secondary N) is 1. The first kappa shape index (κ1) is 21.8. The highest BCUT2D eigenvalue weighted by Crippen LogP contribution is 2.32. The lowest BCUT2D eigenvalue weighted by molar-refractivity contribution is 0.0528. The Kier molecular flexibility index (Phi) is 6.95. The van der Waals surface area contributed by atoms with E-state index in [2.05, 4.69) is 40.3 Å². The molecule has 0 aliphatic heterocycles. The fourth-order valence-corrected chi connectivity index (χ4v) is 4.53. The van der Waals surface area contributed by atoms with Gasteiger partial charge in [0.05, 0.1) is 5.39 Å². The maximum atomic E-state index is 11.8. The molecule has 160 valence electrons. The topological polar surface area (TPSA) is 76.6 Å². The van der Waals surface area contributed by atoms with Crippen molar-refractivity contribution in [2.24, 2.45) is 0 Å². The van der Waals surface area contributed by atoms with E-state index in [1.54, 1.807) is 17.7 Å². The average Bonchev–Trinajstić information content (AvgIpc) is 3.04. The number of thiophene rings is 1. The Labute approximate surface area is 176 Å². The van der Waals surface area contributed by atoms with Gasteiger partial charge in [-0.25, -0.2) is 14.8 Å². The summed E-state index contributed by atoms with van der Waals surface area (Å²) < 4.78 is 11.5. The first-order valence-corrected chi connectivity index (χ1v) is 11.1. The molecule has 1 N–H and O–H groups in total. The number of rotatable bonds is 6. The summed E-state index contributed by atoms with van der Waals surface area (Å²) in [5.41, 5.74) is -0.491. The van der Waals surface area contributed by atoms with Crippen LogP contribution in [0, 0.1) is 0 Å². The van der Waals surface area contributed by atoms with E-state index in [1.165, 1.54) is 0 Å². The highest BCUT2D eigenvalue weighted by atomic mass is 32.1. The van der Waals surface area contributed by atoms with Gasteiger partial charge in [-0.2, -0.15) is 0 Å². The molecule has 1 aliphatic carbocycles. The van der Waals surface area contributed by atoms with Crippen LogP contribution in [0.5, 0.6) is 5.88 Å². The maximum Gasteiger partial charge on any atom is 0.407 e. The highest BCUT2D eigenvalue weighted by Gasteiger charge is 2.24. The zero-order valence-corrected chi connectivity index (χ0v) is 18.8. The minimum Gasteiger partial charge on any atom is -0.474 e. The molecule has 0 aromatic carbocycles. The lowest BCUT2D eigenvalue weighted by atomic mass is 9.92. The molecule has 1 aliphatic rings. The summed E-state index contributed by atoms with van der Waals surface area (Å²) in [5.74, 6) is 0.672. The average molecular weight is 421 g/mol. The molecule has 0 unspecified atom stereocenters. The third-order valence-corrected chi connectivity index (χ3v) is 6.14. The molecule has 2 aromatic rings. The van der Waals surface area contributed by atoms with Gasteiger partial charge in [0.2, 0.25) is 5.88 Å². The van der Waals surface area contributed by atoms with Gasteiger partial charge in [0, 0.05) is 17.5 Å². The van der Waals surface area contributed by atoms with Gasteiger partial charge >= 0.3 is 6.09 Å². The lowest BCUT2D eigenvalue weighted by Crippen LogP contribution is -2.35. The molecule has 1 fully saturated rings. The summed E-state index contributed by atoms with van der Waals surface area (Å²) in [4.78, 5) is 24.9. The molecule has 0 radical (unpaired) electrons. The highest BCUT2D eigenvalue weighted by molar-refractivity contribution is 7.18. The number of ether oxygens (including phenoxy) is 2. The van der Waals surface area contributed by atoms with E-state index in [0.717, 1.165) is 40.8 Å². The Morgan fingerprint density at radius 2 is 1.97 bits per heavy atom. The van der Waals surface area contributed by atoms with Gasteiger partial charge in [0.1, 0.15) is 22.9 Å². The predicted molar refractivity (Wildman–Crippen MR) is 116 cm³/mol. The molecule has 2 heterocycles. The van der Waals surface area contributed by atoms with Crippen LogP contribution in [-0.4, -0.2) is 59.3 Å². The van der Waals surface area contributed by atoms with Gasteiger partial charge < -0.3 is 19.7 Å². The Morgan fingerprint density at radius 1 is 1.24 bits per heavy atom. The number of carbonyl (C=O) groups is 1. The van der Waals surface area contributed by atoms with Gasteiger partial charge in [-0.15, -0.1) is 11.3 Å². The second-order valence-electron chi connectivity index (χ2n) is 8.80. The Balaban J connectivity index is 1.57. The molecular weight excluding hydrogens is 388 g/mol. The van der Waals surface area contributed by atoms with Crippen molar-refractivity contribution in [2.45, 2.75) is 70.6 Å². The maximum absolute atomic E-state index is 11.8. The predicted octanol–water partition coefficient (Wildman–Crippen LogP) is 4.01. The minimum atomic E-state index is -0.491. The van der Waals surface area contributed by atoms with E-state index in [-0.39, 0.29) is 6.10 Å². The van der Waals surface area contributed by atoms with Crippen LogP contribution in [0.2, 0.25) is 0 Å². The first-order valence-electron chi connectivity index (χ1n) is 10.2. The minimum absolute atomic E-state index is 0.210. The third kappa shape index (κ3) is 6.27. The van der Waals surface area contributed by atoms with Crippen LogP contribution in [0.4, 0.5) is 4.79 Å². The molecule has 1 amide bonds. The molecule has 0 bridgehead atoms.